The quantitative estimate of drug-likeness (QED) is 0.361. The molecule has 1 aromatic heterocycles. The van der Waals surface area contributed by atoms with Crippen molar-refractivity contribution in [3.05, 3.63) is 82.1 Å². The van der Waals surface area contributed by atoms with Crippen LogP contribution in [0.1, 0.15) is 11.1 Å². The number of methoxy groups -OCH3 is 1. The molecule has 2 aliphatic heterocycles. The maximum absolute atomic E-state index is 13.1. The number of nitrogens with zero attached hydrogens (tertiary/aromatic N) is 1. The number of rotatable bonds is 6. The van der Waals surface area contributed by atoms with Crippen molar-refractivity contribution in [3.63, 3.8) is 0 Å². The Labute approximate surface area is 217 Å². The summed E-state index contributed by atoms with van der Waals surface area (Å²) >= 11 is 5.82. The summed E-state index contributed by atoms with van der Waals surface area (Å²) in [6.07, 6.45) is 0. The van der Waals surface area contributed by atoms with Crippen molar-refractivity contribution >= 4 is 33.9 Å². The Morgan fingerprint density at radius 2 is 1.68 bits per heavy atom. The van der Waals surface area contributed by atoms with Gasteiger partial charge in [-0.3, -0.25) is 4.79 Å². The molecule has 3 aromatic carbocycles. The predicted octanol–water partition coefficient (Wildman–Crippen LogP) is 4.39. The Balaban J connectivity index is 1.33. The minimum absolute atomic E-state index is 0.162. The zero-order valence-corrected chi connectivity index (χ0v) is 20.7. The molecule has 0 aliphatic carbocycles. The molecular weight excluding hydrogens is 494 g/mol. The van der Waals surface area contributed by atoms with Gasteiger partial charge < -0.3 is 38.9 Å². The number of para-hydroxylation sites is 2. The van der Waals surface area contributed by atoms with E-state index in [1.807, 2.05) is 59.5 Å². The zero-order valence-electron chi connectivity index (χ0n) is 19.9. The van der Waals surface area contributed by atoms with Crippen LogP contribution in [-0.2, 0) is 13.1 Å². The van der Waals surface area contributed by atoms with E-state index in [4.69, 9.17) is 35.9 Å². The first-order chi connectivity index (χ1) is 18.1. The smallest absolute Gasteiger partial charge is 0.253 e. The van der Waals surface area contributed by atoms with Gasteiger partial charge in [-0.25, -0.2) is 0 Å². The molecule has 0 unspecified atom stereocenters. The Bertz CT molecular complexity index is 1570. The lowest BCUT2D eigenvalue weighted by Gasteiger charge is -2.26. The average Bonchev–Trinajstić information content (AvgIpc) is 3.56. The van der Waals surface area contributed by atoms with Crippen LogP contribution in [0.4, 0.5) is 5.69 Å². The molecule has 37 heavy (non-hydrogen) atoms. The van der Waals surface area contributed by atoms with Crippen molar-refractivity contribution in [1.29, 1.82) is 0 Å². The monoisotopic (exact) mass is 517 g/mol. The minimum Gasteiger partial charge on any atom is -0.495 e. The molecule has 0 fully saturated rings. The van der Waals surface area contributed by atoms with Gasteiger partial charge in [0.25, 0.3) is 5.56 Å². The van der Waals surface area contributed by atoms with Crippen LogP contribution in [0.15, 0.2) is 65.5 Å². The third-order valence-corrected chi connectivity index (χ3v) is 6.58. The molecule has 188 valence electrons. The Kier molecular flexibility index (Phi) is 5.93. The third-order valence-electron chi connectivity index (χ3n) is 6.22. The van der Waals surface area contributed by atoms with Gasteiger partial charge in [0.2, 0.25) is 13.6 Å². The molecule has 6 rings (SSSR count). The van der Waals surface area contributed by atoms with Crippen molar-refractivity contribution in [2.45, 2.75) is 13.1 Å². The molecule has 4 aromatic rings. The standard InChI is InChI=1S/C27H23N3O6S/c1-32-21-5-3-2-4-19(21)29-27(37)30(12-16-6-7-22-23(8-16)34-14-33-22)13-18-9-17-10-24-25(36-15-35-24)11-20(17)28-26(18)31/h2-11H,12-15H2,1H3,(H,28,31)(H,29,37). The van der Waals surface area contributed by atoms with E-state index in [0.29, 0.717) is 51.5 Å². The van der Waals surface area contributed by atoms with Gasteiger partial charge in [-0.05, 0) is 54.2 Å². The van der Waals surface area contributed by atoms with E-state index in [-0.39, 0.29) is 25.7 Å². The number of anilines is 1. The molecule has 0 saturated carbocycles. The van der Waals surface area contributed by atoms with E-state index in [1.54, 1.807) is 13.2 Å². The van der Waals surface area contributed by atoms with Crippen LogP contribution < -0.4 is 34.6 Å². The van der Waals surface area contributed by atoms with Crippen LogP contribution in [0.5, 0.6) is 28.7 Å². The Hall–Kier alpha value is -4.44. The van der Waals surface area contributed by atoms with Crippen molar-refractivity contribution in [3.8, 4) is 28.7 Å². The highest BCUT2D eigenvalue weighted by Crippen LogP contribution is 2.36. The number of pyridine rings is 1. The van der Waals surface area contributed by atoms with E-state index in [9.17, 15) is 4.79 Å². The largest absolute Gasteiger partial charge is 0.495 e. The number of aromatic amines is 1. The first-order valence-electron chi connectivity index (χ1n) is 11.6. The van der Waals surface area contributed by atoms with Gasteiger partial charge in [-0.1, -0.05) is 18.2 Å². The van der Waals surface area contributed by atoms with E-state index < -0.39 is 0 Å². The maximum Gasteiger partial charge on any atom is 0.253 e. The van der Waals surface area contributed by atoms with Gasteiger partial charge in [0.15, 0.2) is 28.1 Å². The maximum atomic E-state index is 13.1. The van der Waals surface area contributed by atoms with Gasteiger partial charge in [0.05, 0.1) is 24.9 Å². The number of H-pyrrole nitrogens is 1. The van der Waals surface area contributed by atoms with Crippen molar-refractivity contribution in [1.82, 2.24) is 9.88 Å². The molecule has 2 aliphatic rings. The molecule has 0 bridgehead atoms. The molecule has 0 saturated heterocycles. The second-order valence-corrected chi connectivity index (χ2v) is 8.98. The Morgan fingerprint density at radius 1 is 0.946 bits per heavy atom. The molecule has 3 heterocycles. The summed E-state index contributed by atoms with van der Waals surface area (Å²) in [7, 11) is 1.61. The van der Waals surface area contributed by atoms with E-state index in [2.05, 4.69) is 10.3 Å². The SMILES string of the molecule is COc1ccccc1NC(=S)N(Cc1ccc2c(c1)OCO2)Cc1cc2cc3c(cc2[nH]c1=O)OCO3. The lowest BCUT2D eigenvalue weighted by atomic mass is 10.1. The molecule has 10 heteroatoms. The summed E-state index contributed by atoms with van der Waals surface area (Å²) in [5, 5.41) is 4.55. The minimum atomic E-state index is -0.206. The number of hydrogen-bond acceptors (Lipinski definition) is 7. The molecule has 0 atom stereocenters. The predicted molar refractivity (Wildman–Crippen MR) is 142 cm³/mol. The summed E-state index contributed by atoms with van der Waals surface area (Å²) in [6.45, 7) is 1.04. The van der Waals surface area contributed by atoms with Crippen molar-refractivity contribution in [2.75, 3.05) is 26.0 Å². The molecule has 9 nitrogen and oxygen atoms in total. The third kappa shape index (κ3) is 4.58. The summed E-state index contributed by atoms with van der Waals surface area (Å²) < 4.78 is 27.4. The fraction of sp³-hybridized carbons (Fsp3) is 0.185. The highest BCUT2D eigenvalue weighted by Gasteiger charge is 2.20. The van der Waals surface area contributed by atoms with Gasteiger partial charge >= 0.3 is 0 Å². The molecule has 2 N–H and O–H groups in total. The topological polar surface area (TPSA) is 94.3 Å². The first-order valence-corrected chi connectivity index (χ1v) is 12.0. The van der Waals surface area contributed by atoms with E-state index in [0.717, 1.165) is 16.6 Å². The summed E-state index contributed by atoms with van der Waals surface area (Å²) in [6, 6.07) is 18.8. The normalized spacial score (nSPS) is 13.0. The fourth-order valence-electron chi connectivity index (χ4n) is 4.37. The van der Waals surface area contributed by atoms with Crippen molar-refractivity contribution in [2.24, 2.45) is 0 Å². The first kappa shape index (κ1) is 23.0. The van der Waals surface area contributed by atoms with Crippen LogP contribution >= 0.6 is 12.2 Å². The molecule has 0 spiro atoms. The molecular formula is C27H23N3O6S. The fourth-order valence-corrected chi connectivity index (χ4v) is 4.60. The van der Waals surface area contributed by atoms with Crippen LogP contribution in [-0.4, -0.2) is 35.7 Å². The number of benzene rings is 3. The number of thiocarbonyl (C=S) groups is 1. The highest BCUT2D eigenvalue weighted by molar-refractivity contribution is 7.80. The van der Waals surface area contributed by atoms with E-state index in [1.165, 1.54) is 0 Å². The average molecular weight is 518 g/mol. The number of nitrogens with one attached hydrogen (secondary N) is 2. The lowest BCUT2D eigenvalue weighted by Crippen LogP contribution is -2.35. The second kappa shape index (κ2) is 9.55. The van der Waals surface area contributed by atoms with E-state index >= 15 is 0 Å². The van der Waals surface area contributed by atoms with Gasteiger partial charge in [0, 0.05) is 23.6 Å². The Morgan fingerprint density at radius 3 is 2.49 bits per heavy atom. The van der Waals surface area contributed by atoms with Crippen LogP contribution in [0.3, 0.4) is 0 Å². The zero-order chi connectivity index (χ0) is 25.4. The number of hydrogen-bond donors (Lipinski definition) is 2. The highest BCUT2D eigenvalue weighted by atomic mass is 32.1. The number of aromatic nitrogens is 1. The van der Waals surface area contributed by atoms with Crippen LogP contribution in [0, 0.1) is 0 Å². The number of fused-ring (bicyclic) bond motifs is 3. The summed E-state index contributed by atoms with van der Waals surface area (Å²) in [4.78, 5) is 18.0. The molecule has 0 radical (unpaired) electrons. The van der Waals surface area contributed by atoms with Gasteiger partial charge in [-0.2, -0.15) is 0 Å². The second-order valence-electron chi connectivity index (χ2n) is 8.59. The lowest BCUT2D eigenvalue weighted by molar-refractivity contribution is 0.173. The van der Waals surface area contributed by atoms with Gasteiger partial charge in [-0.15, -0.1) is 0 Å². The van der Waals surface area contributed by atoms with Gasteiger partial charge in [0.1, 0.15) is 5.75 Å². The van der Waals surface area contributed by atoms with Crippen LogP contribution in [0.2, 0.25) is 0 Å². The summed E-state index contributed by atoms with van der Waals surface area (Å²) in [5.74, 6) is 3.31. The molecule has 0 amide bonds. The summed E-state index contributed by atoms with van der Waals surface area (Å²) in [5.41, 5.74) is 2.70. The number of ether oxygens (including phenoxy) is 5. The van der Waals surface area contributed by atoms with Crippen molar-refractivity contribution < 1.29 is 23.7 Å². The van der Waals surface area contributed by atoms with Crippen LogP contribution in [0.25, 0.3) is 10.9 Å².